The zero-order valence-electron chi connectivity index (χ0n) is 11.5. The Morgan fingerprint density at radius 3 is 2.43 bits per heavy atom. The van der Waals surface area contributed by atoms with Gasteiger partial charge in [0.1, 0.15) is 11.6 Å². The Labute approximate surface area is 127 Å². The van der Waals surface area contributed by atoms with Crippen LogP contribution in [0.15, 0.2) is 60.7 Å². The van der Waals surface area contributed by atoms with Crippen molar-refractivity contribution in [3.8, 4) is 5.75 Å². The fourth-order valence-corrected chi connectivity index (χ4v) is 2.70. The van der Waals surface area contributed by atoms with Crippen molar-refractivity contribution < 1.29 is 9.13 Å². The van der Waals surface area contributed by atoms with E-state index in [1.165, 1.54) is 6.07 Å². The van der Waals surface area contributed by atoms with E-state index in [0.29, 0.717) is 5.56 Å². The number of ether oxygens (including phenoxy) is 1. The zero-order valence-corrected chi connectivity index (χ0v) is 12.3. The molecule has 3 heteroatoms. The van der Waals surface area contributed by atoms with E-state index in [4.69, 9.17) is 16.3 Å². The third-order valence-electron chi connectivity index (χ3n) is 3.54. The minimum atomic E-state index is -0.502. The van der Waals surface area contributed by atoms with E-state index in [2.05, 4.69) is 0 Å². The van der Waals surface area contributed by atoms with Gasteiger partial charge in [-0.05, 0) is 40.6 Å². The monoisotopic (exact) mass is 300 g/mol. The molecule has 0 bridgehead atoms. The third-order valence-corrected chi connectivity index (χ3v) is 4.03. The van der Waals surface area contributed by atoms with Gasteiger partial charge < -0.3 is 4.74 Å². The van der Waals surface area contributed by atoms with Crippen LogP contribution in [0.5, 0.6) is 5.75 Å². The molecule has 1 atom stereocenters. The molecule has 0 radical (unpaired) electrons. The lowest BCUT2D eigenvalue weighted by Crippen LogP contribution is -1.96. The van der Waals surface area contributed by atoms with Crippen LogP contribution in [0.2, 0.25) is 0 Å². The van der Waals surface area contributed by atoms with E-state index < -0.39 is 5.38 Å². The Kier molecular flexibility index (Phi) is 3.80. The van der Waals surface area contributed by atoms with Crippen molar-refractivity contribution in [2.75, 3.05) is 7.11 Å². The quantitative estimate of drug-likeness (QED) is 0.595. The molecule has 0 saturated carbocycles. The van der Waals surface area contributed by atoms with Crippen molar-refractivity contribution in [3.05, 3.63) is 77.6 Å². The number of hydrogen-bond donors (Lipinski definition) is 0. The molecule has 0 amide bonds. The van der Waals surface area contributed by atoms with Crippen LogP contribution in [-0.4, -0.2) is 7.11 Å². The highest BCUT2D eigenvalue weighted by atomic mass is 35.5. The van der Waals surface area contributed by atoms with E-state index >= 15 is 0 Å². The zero-order chi connectivity index (χ0) is 14.8. The average molecular weight is 301 g/mol. The molecule has 0 heterocycles. The van der Waals surface area contributed by atoms with Gasteiger partial charge in [-0.15, -0.1) is 11.6 Å². The molecular formula is C18H14ClFO. The van der Waals surface area contributed by atoms with E-state index in [-0.39, 0.29) is 5.82 Å². The normalized spacial score (nSPS) is 12.3. The molecular weight excluding hydrogens is 287 g/mol. The van der Waals surface area contributed by atoms with Crippen LogP contribution in [0.1, 0.15) is 16.5 Å². The number of benzene rings is 3. The van der Waals surface area contributed by atoms with Gasteiger partial charge in [-0.1, -0.05) is 36.4 Å². The van der Waals surface area contributed by atoms with Crippen LogP contribution >= 0.6 is 11.6 Å². The highest BCUT2D eigenvalue weighted by Crippen LogP contribution is 2.32. The first-order valence-electron chi connectivity index (χ1n) is 6.65. The van der Waals surface area contributed by atoms with Gasteiger partial charge in [0.05, 0.1) is 12.5 Å². The molecule has 0 N–H and O–H groups in total. The second kappa shape index (κ2) is 5.74. The van der Waals surface area contributed by atoms with Crippen molar-refractivity contribution in [1.82, 2.24) is 0 Å². The van der Waals surface area contributed by atoms with Crippen molar-refractivity contribution in [3.63, 3.8) is 0 Å². The molecule has 0 aliphatic heterocycles. The fraction of sp³-hybridized carbons (Fsp3) is 0.111. The largest absolute Gasteiger partial charge is 0.497 e. The third kappa shape index (κ3) is 2.72. The van der Waals surface area contributed by atoms with Gasteiger partial charge >= 0.3 is 0 Å². The first-order chi connectivity index (χ1) is 10.2. The summed E-state index contributed by atoms with van der Waals surface area (Å²) in [6.07, 6.45) is 0. The molecule has 0 aliphatic carbocycles. The summed E-state index contributed by atoms with van der Waals surface area (Å²) >= 11 is 6.43. The van der Waals surface area contributed by atoms with Crippen LogP contribution in [0.25, 0.3) is 10.8 Å². The van der Waals surface area contributed by atoms with E-state index in [1.807, 2.05) is 36.4 Å². The number of hydrogen-bond acceptors (Lipinski definition) is 1. The van der Waals surface area contributed by atoms with Crippen molar-refractivity contribution in [2.45, 2.75) is 5.38 Å². The van der Waals surface area contributed by atoms with Crippen LogP contribution < -0.4 is 4.74 Å². The summed E-state index contributed by atoms with van der Waals surface area (Å²) < 4.78 is 19.0. The Balaban J connectivity index is 2.03. The van der Waals surface area contributed by atoms with Gasteiger partial charge in [-0.25, -0.2) is 4.39 Å². The molecule has 0 saturated heterocycles. The molecule has 3 aromatic carbocycles. The molecule has 0 fully saturated rings. The lowest BCUT2D eigenvalue weighted by atomic mass is 10.0. The molecule has 106 valence electrons. The molecule has 1 unspecified atom stereocenters. The predicted molar refractivity (Wildman–Crippen MR) is 84.6 cm³/mol. The molecule has 0 spiro atoms. The van der Waals surface area contributed by atoms with Gasteiger partial charge in [0.25, 0.3) is 0 Å². The highest BCUT2D eigenvalue weighted by Gasteiger charge is 2.15. The topological polar surface area (TPSA) is 9.23 Å². The maximum atomic E-state index is 13.8. The van der Waals surface area contributed by atoms with E-state index in [1.54, 1.807) is 25.3 Å². The van der Waals surface area contributed by atoms with Crippen LogP contribution in [0.4, 0.5) is 4.39 Å². The number of fused-ring (bicyclic) bond motifs is 1. The van der Waals surface area contributed by atoms with Crippen LogP contribution in [0, 0.1) is 5.82 Å². The molecule has 21 heavy (non-hydrogen) atoms. The average Bonchev–Trinajstić information content (AvgIpc) is 2.53. The number of rotatable bonds is 3. The van der Waals surface area contributed by atoms with Gasteiger partial charge in [0, 0.05) is 5.56 Å². The minimum absolute atomic E-state index is 0.285. The molecule has 0 aliphatic rings. The van der Waals surface area contributed by atoms with E-state index in [0.717, 1.165) is 22.1 Å². The number of methoxy groups -OCH3 is 1. The molecule has 3 aromatic rings. The Bertz CT molecular complexity index is 785. The second-order valence-electron chi connectivity index (χ2n) is 4.86. The molecule has 0 aromatic heterocycles. The van der Waals surface area contributed by atoms with Crippen molar-refractivity contribution in [1.29, 1.82) is 0 Å². The van der Waals surface area contributed by atoms with Crippen LogP contribution in [0.3, 0.4) is 0 Å². The van der Waals surface area contributed by atoms with Gasteiger partial charge in [0.2, 0.25) is 0 Å². The summed E-state index contributed by atoms with van der Waals surface area (Å²) in [5.41, 5.74) is 1.37. The summed E-state index contributed by atoms with van der Waals surface area (Å²) in [7, 11) is 1.64. The summed E-state index contributed by atoms with van der Waals surface area (Å²) in [4.78, 5) is 0. The maximum absolute atomic E-state index is 13.8. The highest BCUT2D eigenvalue weighted by molar-refractivity contribution is 6.22. The fourth-order valence-electron chi connectivity index (χ4n) is 2.39. The predicted octanol–water partition coefficient (Wildman–Crippen LogP) is 5.32. The first kappa shape index (κ1) is 13.9. The van der Waals surface area contributed by atoms with Crippen molar-refractivity contribution in [2.24, 2.45) is 0 Å². The summed E-state index contributed by atoms with van der Waals surface area (Å²) in [6.45, 7) is 0. The second-order valence-corrected chi connectivity index (χ2v) is 5.29. The summed E-state index contributed by atoms with van der Waals surface area (Å²) in [5.74, 6) is 0.527. The standard InChI is InChI=1S/C18H14ClFO/c1-21-15-9-8-12-10-14(7-6-13(12)11-15)18(19)16-4-2-3-5-17(16)20/h2-11,18H,1H3. The molecule has 3 rings (SSSR count). The maximum Gasteiger partial charge on any atom is 0.128 e. The number of halogens is 2. The van der Waals surface area contributed by atoms with Gasteiger partial charge in [-0.3, -0.25) is 0 Å². The lowest BCUT2D eigenvalue weighted by molar-refractivity contribution is 0.415. The Morgan fingerprint density at radius 1 is 0.952 bits per heavy atom. The summed E-state index contributed by atoms with van der Waals surface area (Å²) in [6, 6.07) is 18.3. The smallest absolute Gasteiger partial charge is 0.128 e. The van der Waals surface area contributed by atoms with E-state index in [9.17, 15) is 4.39 Å². The minimum Gasteiger partial charge on any atom is -0.497 e. The number of alkyl halides is 1. The first-order valence-corrected chi connectivity index (χ1v) is 7.09. The molecule has 1 nitrogen and oxygen atoms in total. The summed E-state index contributed by atoms with van der Waals surface area (Å²) in [5, 5.41) is 1.61. The van der Waals surface area contributed by atoms with Crippen molar-refractivity contribution >= 4 is 22.4 Å². The van der Waals surface area contributed by atoms with Gasteiger partial charge in [0.15, 0.2) is 0 Å². The Morgan fingerprint density at radius 2 is 1.67 bits per heavy atom. The van der Waals surface area contributed by atoms with Crippen LogP contribution in [-0.2, 0) is 0 Å². The van der Waals surface area contributed by atoms with Gasteiger partial charge in [-0.2, -0.15) is 0 Å². The Hall–Kier alpha value is -2.06. The SMILES string of the molecule is COc1ccc2cc(C(Cl)c3ccccc3F)ccc2c1. The lowest BCUT2D eigenvalue weighted by Gasteiger charge is -2.12.